The fraction of sp³-hybridized carbons (Fsp3) is 0.360. The Labute approximate surface area is 208 Å². The molecular weight excluding hydrogens is 479 g/mol. The first-order valence-corrected chi connectivity index (χ1v) is 11.8. The summed E-state index contributed by atoms with van der Waals surface area (Å²) in [6, 6.07) is 9.16. The van der Waals surface area contributed by atoms with E-state index in [4.69, 9.17) is 32.7 Å². The summed E-state index contributed by atoms with van der Waals surface area (Å²) in [5, 5.41) is 12.0. The SMILES string of the molecule is COc1ccc(C(O)=C2C(=O)C(=O)N(CCN3CCOCC3)C2c2ccc(Cl)cc2Cl)cc1C. The summed E-state index contributed by atoms with van der Waals surface area (Å²) in [6.07, 6.45) is 0. The number of rotatable bonds is 6. The van der Waals surface area contributed by atoms with Crippen molar-refractivity contribution in [3.8, 4) is 5.75 Å². The predicted molar refractivity (Wildman–Crippen MR) is 130 cm³/mol. The van der Waals surface area contributed by atoms with Crippen molar-refractivity contribution in [1.29, 1.82) is 0 Å². The second-order valence-electron chi connectivity index (χ2n) is 8.30. The number of ketones is 1. The number of likely N-dealkylation sites (tertiary alicyclic amines) is 1. The van der Waals surface area contributed by atoms with Gasteiger partial charge in [0.05, 0.1) is 31.9 Å². The fourth-order valence-electron chi connectivity index (χ4n) is 4.41. The first-order valence-electron chi connectivity index (χ1n) is 11.0. The van der Waals surface area contributed by atoms with Crippen LogP contribution in [-0.2, 0) is 14.3 Å². The van der Waals surface area contributed by atoms with E-state index >= 15 is 0 Å². The Bertz CT molecular complexity index is 1140. The number of benzene rings is 2. The van der Waals surface area contributed by atoms with Crippen molar-refractivity contribution in [2.45, 2.75) is 13.0 Å². The first-order chi connectivity index (χ1) is 16.3. The molecule has 1 atom stereocenters. The average molecular weight is 505 g/mol. The summed E-state index contributed by atoms with van der Waals surface area (Å²) in [4.78, 5) is 30.0. The van der Waals surface area contributed by atoms with Gasteiger partial charge in [-0.1, -0.05) is 29.3 Å². The number of methoxy groups -OCH3 is 1. The van der Waals surface area contributed by atoms with Crippen molar-refractivity contribution in [2.24, 2.45) is 0 Å². The van der Waals surface area contributed by atoms with Crippen molar-refractivity contribution in [3.05, 3.63) is 68.7 Å². The van der Waals surface area contributed by atoms with E-state index in [9.17, 15) is 14.7 Å². The van der Waals surface area contributed by atoms with Crippen LogP contribution in [0.2, 0.25) is 10.0 Å². The number of carbonyl (C=O) groups excluding carboxylic acids is 2. The molecule has 1 amide bonds. The molecule has 180 valence electrons. The molecule has 9 heteroatoms. The summed E-state index contributed by atoms with van der Waals surface area (Å²) in [5.41, 5.74) is 1.73. The molecule has 1 unspecified atom stereocenters. The molecule has 2 heterocycles. The van der Waals surface area contributed by atoms with Crippen LogP contribution >= 0.6 is 23.2 Å². The van der Waals surface area contributed by atoms with Crippen molar-refractivity contribution in [2.75, 3.05) is 46.5 Å². The molecule has 34 heavy (non-hydrogen) atoms. The van der Waals surface area contributed by atoms with Gasteiger partial charge in [-0.25, -0.2) is 0 Å². The third kappa shape index (κ3) is 4.79. The molecule has 2 aliphatic heterocycles. The Balaban J connectivity index is 1.78. The van der Waals surface area contributed by atoms with Gasteiger partial charge in [0.25, 0.3) is 11.7 Å². The molecule has 0 spiro atoms. The zero-order valence-corrected chi connectivity index (χ0v) is 20.5. The molecular formula is C25H26Cl2N2O5. The zero-order chi connectivity index (χ0) is 24.4. The summed E-state index contributed by atoms with van der Waals surface area (Å²) < 4.78 is 10.7. The summed E-state index contributed by atoms with van der Waals surface area (Å²) in [6.45, 7) is 5.46. The molecule has 2 aliphatic rings. The van der Waals surface area contributed by atoms with E-state index < -0.39 is 17.7 Å². The van der Waals surface area contributed by atoms with Crippen LogP contribution in [0, 0.1) is 6.92 Å². The second kappa shape index (κ2) is 10.4. The summed E-state index contributed by atoms with van der Waals surface area (Å²) in [5.74, 6) is -1.02. The van der Waals surface area contributed by atoms with E-state index in [-0.39, 0.29) is 11.3 Å². The Morgan fingerprint density at radius 1 is 1.12 bits per heavy atom. The van der Waals surface area contributed by atoms with Crippen molar-refractivity contribution >= 4 is 40.7 Å². The van der Waals surface area contributed by atoms with E-state index in [0.717, 1.165) is 18.7 Å². The van der Waals surface area contributed by atoms with Gasteiger partial charge < -0.3 is 19.5 Å². The Kier molecular flexibility index (Phi) is 7.48. The largest absolute Gasteiger partial charge is 0.507 e. The van der Waals surface area contributed by atoms with Gasteiger partial charge in [0.1, 0.15) is 11.5 Å². The number of ether oxygens (including phenoxy) is 2. The van der Waals surface area contributed by atoms with Crippen LogP contribution in [0.1, 0.15) is 22.7 Å². The minimum atomic E-state index is -0.840. The highest BCUT2D eigenvalue weighted by Crippen LogP contribution is 2.42. The van der Waals surface area contributed by atoms with Gasteiger partial charge in [-0.15, -0.1) is 0 Å². The van der Waals surface area contributed by atoms with Crippen LogP contribution in [0.4, 0.5) is 0 Å². The molecule has 2 saturated heterocycles. The number of halogens is 2. The van der Waals surface area contributed by atoms with Crippen LogP contribution in [0.15, 0.2) is 42.0 Å². The van der Waals surface area contributed by atoms with E-state index in [1.165, 1.54) is 4.90 Å². The molecule has 7 nitrogen and oxygen atoms in total. The Morgan fingerprint density at radius 2 is 1.85 bits per heavy atom. The topological polar surface area (TPSA) is 79.3 Å². The lowest BCUT2D eigenvalue weighted by Gasteiger charge is -2.31. The van der Waals surface area contributed by atoms with Crippen LogP contribution in [0.25, 0.3) is 5.76 Å². The third-order valence-corrected chi connectivity index (χ3v) is 6.79. The number of hydrogen-bond donors (Lipinski definition) is 1. The number of amides is 1. The number of aliphatic hydroxyl groups excluding tert-OH is 1. The van der Waals surface area contributed by atoms with Crippen molar-refractivity contribution in [3.63, 3.8) is 0 Å². The van der Waals surface area contributed by atoms with E-state index in [0.29, 0.717) is 53.2 Å². The quantitative estimate of drug-likeness (QED) is 0.363. The fourth-order valence-corrected chi connectivity index (χ4v) is 4.92. The normalized spacial score (nSPS) is 20.7. The summed E-state index contributed by atoms with van der Waals surface area (Å²) in [7, 11) is 1.56. The Morgan fingerprint density at radius 3 is 2.50 bits per heavy atom. The van der Waals surface area contributed by atoms with Gasteiger partial charge >= 0.3 is 0 Å². The van der Waals surface area contributed by atoms with Crippen LogP contribution in [-0.4, -0.2) is 73.1 Å². The number of aryl methyl sites for hydroxylation is 1. The van der Waals surface area contributed by atoms with Gasteiger partial charge in [-0.3, -0.25) is 14.5 Å². The minimum Gasteiger partial charge on any atom is -0.507 e. The summed E-state index contributed by atoms with van der Waals surface area (Å²) >= 11 is 12.6. The second-order valence-corrected chi connectivity index (χ2v) is 9.14. The van der Waals surface area contributed by atoms with Gasteiger partial charge in [0.2, 0.25) is 0 Å². The smallest absolute Gasteiger partial charge is 0.295 e. The highest BCUT2D eigenvalue weighted by Gasteiger charge is 2.46. The molecule has 2 aromatic carbocycles. The molecule has 2 fully saturated rings. The van der Waals surface area contributed by atoms with Gasteiger partial charge in [-0.2, -0.15) is 0 Å². The van der Waals surface area contributed by atoms with Crippen molar-refractivity contribution in [1.82, 2.24) is 9.80 Å². The number of nitrogens with zero attached hydrogens (tertiary/aromatic N) is 2. The predicted octanol–water partition coefficient (Wildman–Crippen LogP) is 4.06. The highest BCUT2D eigenvalue weighted by atomic mass is 35.5. The lowest BCUT2D eigenvalue weighted by molar-refractivity contribution is -0.140. The van der Waals surface area contributed by atoms with Gasteiger partial charge in [0.15, 0.2) is 0 Å². The molecule has 4 rings (SSSR count). The number of carbonyl (C=O) groups is 2. The van der Waals surface area contributed by atoms with Crippen molar-refractivity contribution < 1.29 is 24.2 Å². The molecule has 0 aromatic heterocycles. The molecule has 1 N–H and O–H groups in total. The van der Waals surface area contributed by atoms with Gasteiger partial charge in [-0.05, 0) is 48.4 Å². The number of aliphatic hydroxyl groups is 1. The third-order valence-electron chi connectivity index (χ3n) is 6.23. The molecule has 2 aromatic rings. The molecule has 0 saturated carbocycles. The molecule has 0 aliphatic carbocycles. The number of morpholine rings is 1. The monoisotopic (exact) mass is 504 g/mol. The maximum atomic E-state index is 13.2. The number of Topliss-reactive ketones (excluding diaryl/α,β-unsaturated/α-hetero) is 1. The maximum Gasteiger partial charge on any atom is 0.295 e. The van der Waals surface area contributed by atoms with E-state index in [2.05, 4.69) is 4.90 Å². The van der Waals surface area contributed by atoms with Crippen LogP contribution < -0.4 is 4.74 Å². The standard InChI is InChI=1S/C25H26Cl2N2O5/c1-15-13-16(3-6-20(15)33-2)23(30)21-22(18-5-4-17(26)14-19(18)27)29(25(32)24(21)31)8-7-28-9-11-34-12-10-28/h3-6,13-14,22,30H,7-12H2,1-2H3. The number of hydrogen-bond acceptors (Lipinski definition) is 6. The van der Waals surface area contributed by atoms with Crippen LogP contribution in [0.3, 0.4) is 0 Å². The van der Waals surface area contributed by atoms with E-state index in [1.807, 2.05) is 6.92 Å². The maximum absolute atomic E-state index is 13.2. The lowest BCUT2D eigenvalue weighted by Crippen LogP contribution is -2.42. The zero-order valence-electron chi connectivity index (χ0n) is 19.0. The van der Waals surface area contributed by atoms with E-state index in [1.54, 1.807) is 43.5 Å². The average Bonchev–Trinajstić information content (AvgIpc) is 3.07. The first kappa shape index (κ1) is 24.5. The van der Waals surface area contributed by atoms with Gasteiger partial charge in [0, 0.05) is 41.8 Å². The highest BCUT2D eigenvalue weighted by molar-refractivity contribution is 6.47. The van der Waals surface area contributed by atoms with Crippen LogP contribution in [0.5, 0.6) is 5.75 Å². The minimum absolute atomic E-state index is 0.000710. The Hall–Kier alpha value is -2.58. The molecule has 0 radical (unpaired) electrons. The lowest BCUT2D eigenvalue weighted by atomic mass is 9.94. The molecule has 0 bridgehead atoms.